The summed E-state index contributed by atoms with van der Waals surface area (Å²) in [6.45, 7) is 0.870. The van der Waals surface area contributed by atoms with E-state index in [4.69, 9.17) is 0 Å². The predicted molar refractivity (Wildman–Crippen MR) is 107 cm³/mol. The fraction of sp³-hybridized carbons (Fsp3) is 0.524. The van der Waals surface area contributed by atoms with E-state index in [-0.39, 0.29) is 30.0 Å². The third-order valence-corrected chi connectivity index (χ3v) is 6.86. The van der Waals surface area contributed by atoms with Gasteiger partial charge in [0.05, 0.1) is 6.61 Å². The lowest BCUT2D eigenvalue weighted by atomic mass is 9.70. The number of thiazole rings is 1. The van der Waals surface area contributed by atoms with E-state index in [2.05, 4.69) is 22.0 Å². The van der Waals surface area contributed by atoms with E-state index < -0.39 is 0 Å². The molecule has 144 valence electrons. The zero-order valence-corrected chi connectivity index (χ0v) is 16.8. The molecule has 0 saturated carbocycles. The second-order valence-electron chi connectivity index (χ2n) is 8.21. The minimum absolute atomic E-state index is 0.0344. The third kappa shape index (κ3) is 3.42. The first-order valence-electron chi connectivity index (χ1n) is 9.59. The van der Waals surface area contributed by atoms with Gasteiger partial charge >= 0.3 is 0 Å². The molecule has 1 N–H and O–H groups in total. The topological polar surface area (TPSA) is 56.7 Å². The van der Waals surface area contributed by atoms with Crippen LogP contribution < -0.4 is 0 Å². The van der Waals surface area contributed by atoms with Crippen molar-refractivity contribution in [3.8, 4) is 0 Å². The Balaban J connectivity index is 1.56. The van der Waals surface area contributed by atoms with Crippen LogP contribution in [0.1, 0.15) is 40.3 Å². The molecule has 2 aliphatic rings. The fourth-order valence-electron chi connectivity index (χ4n) is 4.90. The maximum atomic E-state index is 13.2. The van der Waals surface area contributed by atoms with Gasteiger partial charge < -0.3 is 14.9 Å². The highest BCUT2D eigenvalue weighted by molar-refractivity contribution is 7.09. The monoisotopic (exact) mass is 385 g/mol. The maximum absolute atomic E-state index is 13.2. The van der Waals surface area contributed by atoms with E-state index in [0.717, 1.165) is 37.2 Å². The number of hydrogen-bond donors (Lipinski definition) is 1. The van der Waals surface area contributed by atoms with Gasteiger partial charge in [0.2, 0.25) is 0 Å². The number of amides is 1. The summed E-state index contributed by atoms with van der Waals surface area (Å²) in [6.07, 6.45) is 3.70. The molecule has 3 atom stereocenters. The van der Waals surface area contributed by atoms with Crippen LogP contribution in [0, 0.1) is 5.41 Å². The summed E-state index contributed by atoms with van der Waals surface area (Å²) in [5, 5.41) is 13.2. The Labute approximate surface area is 164 Å². The number of benzene rings is 1. The lowest BCUT2D eigenvalue weighted by molar-refractivity contribution is 0.0567. The van der Waals surface area contributed by atoms with Crippen molar-refractivity contribution in [2.75, 3.05) is 20.7 Å². The van der Waals surface area contributed by atoms with Crippen LogP contribution >= 0.6 is 11.3 Å². The highest BCUT2D eigenvalue weighted by atomic mass is 32.1. The molecule has 2 saturated heterocycles. The van der Waals surface area contributed by atoms with Gasteiger partial charge in [-0.3, -0.25) is 4.79 Å². The minimum Gasteiger partial charge on any atom is -0.396 e. The van der Waals surface area contributed by atoms with E-state index in [1.807, 2.05) is 42.6 Å². The first-order chi connectivity index (χ1) is 13.0. The summed E-state index contributed by atoms with van der Waals surface area (Å²) in [5.41, 5.74) is 1.55. The summed E-state index contributed by atoms with van der Waals surface area (Å²) >= 11 is 1.55. The molecule has 0 spiro atoms. The lowest BCUT2D eigenvalue weighted by Gasteiger charge is -2.36. The average molecular weight is 386 g/mol. The molecule has 6 heteroatoms. The van der Waals surface area contributed by atoms with E-state index >= 15 is 0 Å². The van der Waals surface area contributed by atoms with Crippen LogP contribution in [0.25, 0.3) is 0 Å². The van der Waals surface area contributed by atoms with E-state index in [9.17, 15) is 9.90 Å². The second kappa shape index (κ2) is 7.34. The smallest absolute Gasteiger partial charge is 0.273 e. The molecule has 2 bridgehead atoms. The van der Waals surface area contributed by atoms with Crippen LogP contribution in [0.4, 0.5) is 0 Å². The van der Waals surface area contributed by atoms with Gasteiger partial charge in [0.1, 0.15) is 10.7 Å². The largest absolute Gasteiger partial charge is 0.396 e. The Morgan fingerprint density at radius 3 is 2.81 bits per heavy atom. The molecular weight excluding hydrogens is 358 g/mol. The molecule has 27 heavy (non-hydrogen) atoms. The van der Waals surface area contributed by atoms with Crippen molar-refractivity contribution in [1.82, 2.24) is 14.8 Å². The van der Waals surface area contributed by atoms with Gasteiger partial charge in [0, 0.05) is 29.4 Å². The number of carbonyl (C=O) groups is 1. The predicted octanol–water partition coefficient (Wildman–Crippen LogP) is 2.80. The van der Waals surface area contributed by atoms with Crippen molar-refractivity contribution >= 4 is 17.2 Å². The third-order valence-electron chi connectivity index (χ3n) is 6.02. The van der Waals surface area contributed by atoms with Gasteiger partial charge in [0.25, 0.3) is 5.91 Å². The van der Waals surface area contributed by atoms with Crippen molar-refractivity contribution in [1.29, 1.82) is 0 Å². The molecule has 0 unspecified atom stereocenters. The van der Waals surface area contributed by atoms with Gasteiger partial charge in [-0.05, 0) is 45.3 Å². The molecule has 1 aromatic carbocycles. The van der Waals surface area contributed by atoms with Crippen molar-refractivity contribution in [2.24, 2.45) is 5.41 Å². The number of hydrogen-bond acceptors (Lipinski definition) is 5. The quantitative estimate of drug-likeness (QED) is 0.831. The Morgan fingerprint density at radius 2 is 2.11 bits per heavy atom. The summed E-state index contributed by atoms with van der Waals surface area (Å²) in [7, 11) is 4.01. The summed E-state index contributed by atoms with van der Waals surface area (Å²) in [4.78, 5) is 21.9. The van der Waals surface area contributed by atoms with Crippen LogP contribution in [0.5, 0.6) is 0 Å². The Kier molecular flexibility index (Phi) is 5.05. The molecule has 0 aliphatic carbocycles. The van der Waals surface area contributed by atoms with E-state index in [1.165, 1.54) is 5.56 Å². The van der Waals surface area contributed by atoms with E-state index in [1.54, 1.807) is 11.3 Å². The van der Waals surface area contributed by atoms with Gasteiger partial charge in [-0.2, -0.15) is 0 Å². The summed E-state index contributed by atoms with van der Waals surface area (Å²) < 4.78 is 0. The number of aromatic nitrogens is 1. The molecule has 4 rings (SSSR count). The molecule has 0 radical (unpaired) electrons. The van der Waals surface area contributed by atoms with Crippen LogP contribution in [-0.2, 0) is 13.0 Å². The number of rotatable bonds is 6. The van der Waals surface area contributed by atoms with Gasteiger partial charge in [-0.15, -0.1) is 11.3 Å². The summed E-state index contributed by atoms with van der Waals surface area (Å²) in [6, 6.07) is 10.6. The van der Waals surface area contributed by atoms with Crippen LogP contribution in [-0.4, -0.2) is 58.6 Å². The number of aliphatic hydroxyl groups excluding tert-OH is 1. The number of aliphatic hydroxyl groups is 1. The van der Waals surface area contributed by atoms with Crippen LogP contribution in [0.3, 0.4) is 0 Å². The van der Waals surface area contributed by atoms with Crippen LogP contribution in [0.2, 0.25) is 0 Å². The second-order valence-corrected chi connectivity index (χ2v) is 9.15. The highest BCUT2D eigenvalue weighted by Crippen LogP contribution is 2.51. The minimum atomic E-state index is -0.234. The maximum Gasteiger partial charge on any atom is 0.273 e. The van der Waals surface area contributed by atoms with Gasteiger partial charge in [-0.1, -0.05) is 30.3 Å². The van der Waals surface area contributed by atoms with Gasteiger partial charge in [-0.25, -0.2) is 4.98 Å². The average Bonchev–Trinajstić information content (AvgIpc) is 3.35. The number of carbonyl (C=O) groups excluding carboxylic acids is 1. The normalized spacial score (nSPS) is 26.9. The molecule has 1 aromatic heterocycles. The number of nitrogens with zero attached hydrogens (tertiary/aromatic N) is 3. The molecule has 3 heterocycles. The van der Waals surface area contributed by atoms with Gasteiger partial charge in [0.15, 0.2) is 0 Å². The summed E-state index contributed by atoms with van der Waals surface area (Å²) in [5.74, 6) is 0.0344. The van der Waals surface area contributed by atoms with Crippen molar-refractivity contribution in [2.45, 2.75) is 44.3 Å². The van der Waals surface area contributed by atoms with Crippen LogP contribution in [0.15, 0.2) is 35.7 Å². The zero-order chi connectivity index (χ0) is 19.0. The molecule has 5 nitrogen and oxygen atoms in total. The van der Waals surface area contributed by atoms with Crippen molar-refractivity contribution < 1.29 is 9.90 Å². The molecule has 1 amide bonds. The first kappa shape index (κ1) is 18.6. The fourth-order valence-corrected chi connectivity index (χ4v) is 5.78. The molecule has 2 aromatic rings. The SMILES string of the molecule is CN(C)Cc1nc(C(=O)N2[C@H]3CC[C@@H]2[C@@](CO)(Cc2ccccc2)C3)cs1. The lowest BCUT2D eigenvalue weighted by Crippen LogP contribution is -2.44. The molecular formula is C21H27N3O2S. The van der Waals surface area contributed by atoms with E-state index in [0.29, 0.717) is 5.69 Å². The Hall–Kier alpha value is -1.76. The highest BCUT2D eigenvalue weighted by Gasteiger charge is 2.57. The van der Waals surface area contributed by atoms with Crippen molar-refractivity contribution in [3.05, 3.63) is 52.0 Å². The Morgan fingerprint density at radius 1 is 1.33 bits per heavy atom. The van der Waals surface area contributed by atoms with Crippen molar-refractivity contribution in [3.63, 3.8) is 0 Å². The molecule has 2 aliphatic heterocycles. The number of fused-ring (bicyclic) bond motifs is 2. The standard InChI is InChI=1S/C21H27N3O2S/c1-23(2)12-19-22-17(13-27-19)20(26)24-16-8-9-18(24)21(11-16,14-25)10-15-6-4-3-5-7-15/h3-7,13,16,18,25H,8-12,14H2,1-2H3/t16-,18+,21-/m0/s1. The first-order valence-corrected chi connectivity index (χ1v) is 10.5. The Bertz CT molecular complexity index is 807. The molecule has 2 fully saturated rings. The zero-order valence-electron chi connectivity index (χ0n) is 16.0.